The Hall–Kier alpha value is -2.78. The number of amides is 4. The van der Waals surface area contributed by atoms with Gasteiger partial charge in [0.05, 0.1) is 18.2 Å². The molecule has 1 atom stereocenters. The molecule has 0 radical (unpaired) electrons. The highest BCUT2D eigenvalue weighted by Gasteiger charge is 2.38. The second-order valence-electron chi connectivity index (χ2n) is 8.61. The van der Waals surface area contributed by atoms with Crippen LogP contribution in [0.4, 0.5) is 9.59 Å². The molecule has 1 unspecified atom stereocenters. The highest BCUT2D eigenvalue weighted by atomic mass is 35.5. The molecule has 1 saturated heterocycles. The Bertz CT molecular complexity index is 954. The molecule has 1 fully saturated rings. The van der Waals surface area contributed by atoms with Gasteiger partial charge in [0.2, 0.25) is 0 Å². The molecule has 0 saturated carbocycles. The van der Waals surface area contributed by atoms with Crippen LogP contribution >= 0.6 is 11.6 Å². The van der Waals surface area contributed by atoms with Gasteiger partial charge in [-0.2, -0.15) is 0 Å². The van der Waals surface area contributed by atoms with Gasteiger partial charge in [-0.15, -0.1) is 0 Å². The maximum absolute atomic E-state index is 13.2. The molecule has 192 valence electrons. The summed E-state index contributed by atoms with van der Waals surface area (Å²) in [6.45, 7) is 9.98. The van der Waals surface area contributed by atoms with E-state index < -0.39 is 12.0 Å². The minimum Gasteiger partial charge on any atom is -0.463 e. The Balaban J connectivity index is 1.92. The van der Waals surface area contributed by atoms with E-state index in [0.717, 1.165) is 24.9 Å². The molecular weight excluding hydrogens is 470 g/mol. The first kappa shape index (κ1) is 26.8. The zero-order valence-corrected chi connectivity index (χ0v) is 21.6. The van der Waals surface area contributed by atoms with Crippen LogP contribution in [0.25, 0.3) is 0 Å². The minimum atomic E-state index is -0.665. The summed E-state index contributed by atoms with van der Waals surface area (Å²) in [4.78, 5) is 44.4. The number of hydrogen-bond donors (Lipinski definition) is 2. The van der Waals surface area contributed by atoms with Crippen LogP contribution in [-0.4, -0.2) is 85.2 Å². The van der Waals surface area contributed by atoms with Crippen molar-refractivity contribution in [3.63, 3.8) is 0 Å². The van der Waals surface area contributed by atoms with Crippen LogP contribution in [0.2, 0.25) is 5.02 Å². The summed E-state index contributed by atoms with van der Waals surface area (Å²) in [5, 5.41) is 6.42. The van der Waals surface area contributed by atoms with Crippen molar-refractivity contribution >= 4 is 29.6 Å². The first-order valence-corrected chi connectivity index (χ1v) is 12.8. The second-order valence-corrected chi connectivity index (χ2v) is 9.05. The van der Waals surface area contributed by atoms with Crippen molar-refractivity contribution in [3.8, 4) is 0 Å². The third-order valence-electron chi connectivity index (χ3n) is 6.21. The number of benzene rings is 1. The van der Waals surface area contributed by atoms with Crippen LogP contribution in [0.3, 0.4) is 0 Å². The van der Waals surface area contributed by atoms with E-state index in [0.29, 0.717) is 55.6 Å². The zero-order chi connectivity index (χ0) is 25.4. The molecule has 2 N–H and O–H groups in total. The van der Waals surface area contributed by atoms with Crippen LogP contribution in [0, 0.1) is 0 Å². The van der Waals surface area contributed by atoms with Crippen LogP contribution in [-0.2, 0) is 9.53 Å². The lowest BCUT2D eigenvalue weighted by Gasteiger charge is -2.38. The minimum absolute atomic E-state index is 0.0478. The van der Waals surface area contributed by atoms with Crippen LogP contribution in [0.15, 0.2) is 35.5 Å². The SMILES string of the molecule is CCCNC(=O)N1CCCN(CC2=C(C(=O)OCC)C(c3cccc(Cl)c3)NC(=O)N2CC)CC1. The molecule has 2 heterocycles. The van der Waals surface area contributed by atoms with Crippen molar-refractivity contribution in [1.82, 2.24) is 25.3 Å². The molecule has 0 spiro atoms. The predicted octanol–water partition coefficient (Wildman–Crippen LogP) is 3.37. The van der Waals surface area contributed by atoms with Crippen molar-refractivity contribution in [2.75, 3.05) is 52.4 Å². The van der Waals surface area contributed by atoms with Gasteiger partial charge in [-0.25, -0.2) is 14.4 Å². The van der Waals surface area contributed by atoms with E-state index in [9.17, 15) is 14.4 Å². The van der Waals surface area contributed by atoms with Gasteiger partial charge in [-0.05, 0) is 44.4 Å². The van der Waals surface area contributed by atoms with Crippen molar-refractivity contribution in [1.29, 1.82) is 0 Å². The number of hydrogen-bond acceptors (Lipinski definition) is 5. The van der Waals surface area contributed by atoms with Crippen molar-refractivity contribution in [2.24, 2.45) is 0 Å². The normalized spacial score (nSPS) is 19.3. The number of ether oxygens (including phenoxy) is 1. The lowest BCUT2D eigenvalue weighted by molar-refractivity contribution is -0.139. The van der Waals surface area contributed by atoms with E-state index in [-0.39, 0.29) is 18.7 Å². The predicted molar refractivity (Wildman–Crippen MR) is 135 cm³/mol. The molecular formula is C25H36ClN5O4. The summed E-state index contributed by atoms with van der Waals surface area (Å²) in [6, 6.07) is 6.16. The molecule has 10 heteroatoms. The Labute approximate surface area is 212 Å². The molecule has 0 bridgehead atoms. The zero-order valence-electron chi connectivity index (χ0n) is 20.8. The number of urea groups is 2. The Kier molecular flexibility index (Phi) is 9.80. The van der Waals surface area contributed by atoms with Crippen LogP contribution in [0.1, 0.15) is 45.2 Å². The summed E-state index contributed by atoms with van der Waals surface area (Å²) >= 11 is 6.22. The molecule has 1 aromatic rings. The maximum atomic E-state index is 13.2. The molecule has 9 nitrogen and oxygen atoms in total. The average molecular weight is 506 g/mol. The smallest absolute Gasteiger partial charge is 0.338 e. The summed E-state index contributed by atoms with van der Waals surface area (Å²) in [7, 11) is 0. The van der Waals surface area contributed by atoms with Gasteiger partial charge in [0, 0.05) is 56.5 Å². The highest BCUT2D eigenvalue weighted by Crippen LogP contribution is 2.33. The van der Waals surface area contributed by atoms with E-state index in [4.69, 9.17) is 16.3 Å². The highest BCUT2D eigenvalue weighted by molar-refractivity contribution is 6.30. The number of esters is 1. The van der Waals surface area contributed by atoms with Crippen molar-refractivity contribution < 1.29 is 19.1 Å². The number of rotatable bonds is 8. The monoisotopic (exact) mass is 505 g/mol. The Morgan fingerprint density at radius 1 is 1.17 bits per heavy atom. The van der Waals surface area contributed by atoms with Gasteiger partial charge in [0.1, 0.15) is 0 Å². The number of halogens is 1. The second kappa shape index (κ2) is 12.8. The fourth-order valence-electron chi connectivity index (χ4n) is 4.48. The standard InChI is InChI=1S/C25H36ClN5O4/c1-4-11-27-24(33)30-13-8-12-29(14-15-30)17-20-21(23(32)35-6-3)22(28-25(34)31(20)5-2)18-9-7-10-19(26)16-18/h7,9-10,16,22H,4-6,8,11-15,17H2,1-3H3,(H,27,33)(H,28,34). The number of likely N-dealkylation sites (N-methyl/N-ethyl adjacent to an activating group) is 1. The Morgan fingerprint density at radius 2 is 1.97 bits per heavy atom. The molecule has 0 aliphatic carbocycles. The number of nitrogens with one attached hydrogen (secondary N) is 2. The summed E-state index contributed by atoms with van der Waals surface area (Å²) < 4.78 is 5.43. The summed E-state index contributed by atoms with van der Waals surface area (Å²) in [6.07, 6.45) is 1.69. The number of carbonyl (C=O) groups is 3. The molecule has 4 amide bonds. The molecule has 35 heavy (non-hydrogen) atoms. The van der Waals surface area contributed by atoms with Crippen molar-refractivity contribution in [3.05, 3.63) is 46.1 Å². The number of carbonyl (C=O) groups excluding carboxylic acids is 3. The summed E-state index contributed by atoms with van der Waals surface area (Å²) in [5.74, 6) is -0.457. The first-order valence-electron chi connectivity index (χ1n) is 12.4. The first-order chi connectivity index (χ1) is 16.9. The van der Waals surface area contributed by atoms with E-state index in [1.165, 1.54) is 0 Å². The van der Waals surface area contributed by atoms with Gasteiger partial charge >= 0.3 is 18.0 Å². The number of nitrogens with zero attached hydrogens (tertiary/aromatic N) is 3. The van der Waals surface area contributed by atoms with Crippen molar-refractivity contribution in [2.45, 2.75) is 39.7 Å². The van der Waals surface area contributed by atoms with Gasteiger partial charge in [0.25, 0.3) is 0 Å². The van der Waals surface area contributed by atoms with Gasteiger partial charge < -0.3 is 20.3 Å². The lowest BCUT2D eigenvalue weighted by Crippen LogP contribution is -2.51. The fourth-order valence-corrected chi connectivity index (χ4v) is 4.68. The van der Waals surface area contributed by atoms with Gasteiger partial charge in [0.15, 0.2) is 0 Å². The molecule has 2 aliphatic rings. The molecule has 3 rings (SSSR count). The average Bonchev–Trinajstić information content (AvgIpc) is 3.08. The van der Waals surface area contributed by atoms with Gasteiger partial charge in [-0.3, -0.25) is 9.80 Å². The topological polar surface area (TPSA) is 94.2 Å². The van der Waals surface area contributed by atoms with Crippen LogP contribution in [0.5, 0.6) is 0 Å². The lowest BCUT2D eigenvalue weighted by atomic mass is 9.94. The maximum Gasteiger partial charge on any atom is 0.338 e. The van der Waals surface area contributed by atoms with Crippen LogP contribution < -0.4 is 10.6 Å². The molecule has 0 aromatic heterocycles. The quantitative estimate of drug-likeness (QED) is 0.528. The van der Waals surface area contributed by atoms with Gasteiger partial charge in [-0.1, -0.05) is 30.7 Å². The Morgan fingerprint density at radius 3 is 2.66 bits per heavy atom. The molecule has 1 aromatic carbocycles. The summed E-state index contributed by atoms with van der Waals surface area (Å²) in [5.41, 5.74) is 1.76. The largest absolute Gasteiger partial charge is 0.463 e. The van der Waals surface area contributed by atoms with E-state index in [2.05, 4.69) is 15.5 Å². The molecule has 2 aliphatic heterocycles. The third-order valence-corrected chi connectivity index (χ3v) is 6.44. The van der Waals surface area contributed by atoms with E-state index >= 15 is 0 Å². The van der Waals surface area contributed by atoms with E-state index in [1.807, 2.05) is 24.8 Å². The third kappa shape index (κ3) is 6.67. The van der Waals surface area contributed by atoms with E-state index in [1.54, 1.807) is 30.0 Å². The fraction of sp³-hybridized carbons (Fsp3) is 0.560.